The second-order valence-corrected chi connectivity index (χ2v) is 7.31. The molecule has 1 aliphatic rings. The van der Waals surface area contributed by atoms with Crippen LogP contribution >= 0.6 is 0 Å². The molecule has 2 aromatic rings. The second kappa shape index (κ2) is 8.15. The lowest BCUT2D eigenvalue weighted by molar-refractivity contribution is 0.415. The lowest BCUT2D eigenvalue weighted by Gasteiger charge is -2.20. The van der Waals surface area contributed by atoms with Crippen LogP contribution < -0.4 is 15.6 Å². The number of ether oxygens (including phenoxy) is 1. The summed E-state index contributed by atoms with van der Waals surface area (Å²) in [6, 6.07) is 4.56. The Labute approximate surface area is 161 Å². The van der Waals surface area contributed by atoms with E-state index in [1.807, 2.05) is 6.92 Å². The maximum atomic E-state index is 13.2. The fraction of sp³-hybridized carbons (Fsp3) is 0.545. The van der Waals surface area contributed by atoms with Crippen molar-refractivity contribution in [2.75, 3.05) is 12.4 Å². The molecule has 146 valence electrons. The van der Waals surface area contributed by atoms with Crippen LogP contribution in [0.4, 0.5) is 5.69 Å². The van der Waals surface area contributed by atoms with E-state index in [9.17, 15) is 4.79 Å². The predicted molar refractivity (Wildman–Crippen MR) is 111 cm³/mol. The standard InChI is InChI=1S/C22H31N3O2/c1-6-16(7-2)23-20-18(8-3)24-21(25(4)22(20)26)17-12-14-10-9-11-15(14)13-19(17)27-5/h12-13,16,23H,6-11H2,1-5H3. The van der Waals surface area contributed by atoms with Gasteiger partial charge in [-0.05, 0) is 61.8 Å². The molecule has 0 radical (unpaired) electrons. The zero-order valence-corrected chi connectivity index (χ0v) is 17.2. The van der Waals surface area contributed by atoms with Crippen molar-refractivity contribution in [1.82, 2.24) is 9.55 Å². The summed E-state index contributed by atoms with van der Waals surface area (Å²) in [4.78, 5) is 18.1. The number of nitrogens with one attached hydrogen (secondary N) is 1. The quantitative estimate of drug-likeness (QED) is 0.798. The molecule has 0 bridgehead atoms. The summed E-state index contributed by atoms with van der Waals surface area (Å²) in [6.07, 6.45) is 6.00. The summed E-state index contributed by atoms with van der Waals surface area (Å²) in [6.45, 7) is 6.31. The molecule has 1 aliphatic carbocycles. The molecule has 3 rings (SSSR count). The maximum Gasteiger partial charge on any atom is 0.277 e. The fourth-order valence-corrected chi connectivity index (χ4v) is 3.93. The maximum absolute atomic E-state index is 13.2. The predicted octanol–water partition coefficient (Wildman–Crippen LogP) is 4.11. The van der Waals surface area contributed by atoms with Crippen molar-refractivity contribution in [3.05, 3.63) is 39.3 Å². The van der Waals surface area contributed by atoms with E-state index in [2.05, 4.69) is 31.3 Å². The monoisotopic (exact) mass is 369 g/mol. The van der Waals surface area contributed by atoms with Crippen molar-refractivity contribution >= 4 is 5.69 Å². The van der Waals surface area contributed by atoms with E-state index in [1.165, 1.54) is 17.5 Å². The van der Waals surface area contributed by atoms with Crippen LogP contribution in [0.5, 0.6) is 5.75 Å². The van der Waals surface area contributed by atoms with Crippen LogP contribution in [-0.2, 0) is 26.3 Å². The molecule has 0 saturated heterocycles. The van der Waals surface area contributed by atoms with Gasteiger partial charge in [0.2, 0.25) is 0 Å². The lowest BCUT2D eigenvalue weighted by Crippen LogP contribution is -2.30. The van der Waals surface area contributed by atoms with Crippen molar-refractivity contribution < 1.29 is 4.74 Å². The second-order valence-electron chi connectivity index (χ2n) is 7.31. The topological polar surface area (TPSA) is 56.2 Å². The zero-order chi connectivity index (χ0) is 19.6. The van der Waals surface area contributed by atoms with Crippen LogP contribution in [0, 0.1) is 0 Å². The minimum Gasteiger partial charge on any atom is -0.496 e. The van der Waals surface area contributed by atoms with Crippen LogP contribution in [0.2, 0.25) is 0 Å². The number of anilines is 1. The van der Waals surface area contributed by atoms with Gasteiger partial charge in [-0.1, -0.05) is 20.8 Å². The Morgan fingerprint density at radius 1 is 1.19 bits per heavy atom. The van der Waals surface area contributed by atoms with E-state index in [4.69, 9.17) is 9.72 Å². The Kier molecular flexibility index (Phi) is 5.88. The van der Waals surface area contributed by atoms with E-state index in [0.29, 0.717) is 17.9 Å². The van der Waals surface area contributed by atoms with Gasteiger partial charge < -0.3 is 10.1 Å². The SMILES string of the molecule is CCc1nc(-c2cc3c(cc2OC)CCC3)n(C)c(=O)c1NC(CC)CC. The van der Waals surface area contributed by atoms with Gasteiger partial charge in [-0.2, -0.15) is 0 Å². The molecule has 5 nitrogen and oxygen atoms in total. The fourth-order valence-electron chi connectivity index (χ4n) is 3.93. The first-order chi connectivity index (χ1) is 13.0. The molecule has 1 heterocycles. The van der Waals surface area contributed by atoms with E-state index in [0.717, 1.165) is 42.7 Å². The average Bonchev–Trinajstić information content (AvgIpc) is 3.15. The molecule has 27 heavy (non-hydrogen) atoms. The number of benzene rings is 1. The Morgan fingerprint density at radius 2 is 1.85 bits per heavy atom. The highest BCUT2D eigenvalue weighted by Gasteiger charge is 2.21. The molecule has 5 heteroatoms. The van der Waals surface area contributed by atoms with Gasteiger partial charge in [-0.3, -0.25) is 9.36 Å². The summed E-state index contributed by atoms with van der Waals surface area (Å²) in [5.74, 6) is 1.47. The van der Waals surface area contributed by atoms with Crippen LogP contribution in [0.25, 0.3) is 11.4 Å². The van der Waals surface area contributed by atoms with Gasteiger partial charge >= 0.3 is 0 Å². The number of fused-ring (bicyclic) bond motifs is 1. The number of hydrogen-bond donors (Lipinski definition) is 1. The van der Waals surface area contributed by atoms with Crippen molar-refractivity contribution in [2.45, 2.75) is 65.3 Å². The highest BCUT2D eigenvalue weighted by molar-refractivity contribution is 5.69. The molecule has 1 aromatic heterocycles. The largest absolute Gasteiger partial charge is 0.496 e. The smallest absolute Gasteiger partial charge is 0.277 e. The first-order valence-corrected chi connectivity index (χ1v) is 10.1. The Hall–Kier alpha value is -2.30. The first kappa shape index (κ1) is 19.5. The van der Waals surface area contributed by atoms with Crippen molar-refractivity contribution in [3.63, 3.8) is 0 Å². The van der Waals surface area contributed by atoms with E-state index < -0.39 is 0 Å². The van der Waals surface area contributed by atoms with Gasteiger partial charge in [0, 0.05) is 13.1 Å². The Balaban J connectivity index is 2.16. The number of methoxy groups -OCH3 is 1. The third kappa shape index (κ3) is 3.60. The Bertz CT molecular complexity index is 882. The van der Waals surface area contributed by atoms with Gasteiger partial charge in [0.15, 0.2) is 0 Å². The lowest BCUT2D eigenvalue weighted by atomic mass is 10.0. The van der Waals surface area contributed by atoms with Crippen LogP contribution in [-0.4, -0.2) is 22.7 Å². The molecule has 1 N–H and O–H groups in total. The number of hydrogen-bond acceptors (Lipinski definition) is 4. The number of rotatable bonds is 7. The number of nitrogens with zero attached hydrogens (tertiary/aromatic N) is 2. The number of aromatic nitrogens is 2. The molecular formula is C22H31N3O2. The molecule has 1 aromatic carbocycles. The minimum absolute atomic E-state index is 0.0219. The van der Waals surface area contributed by atoms with Gasteiger partial charge in [0.05, 0.1) is 18.4 Å². The highest BCUT2D eigenvalue weighted by atomic mass is 16.5. The molecule has 0 atom stereocenters. The number of aryl methyl sites for hydroxylation is 3. The van der Waals surface area contributed by atoms with Crippen molar-refractivity contribution in [2.24, 2.45) is 7.05 Å². The molecule has 0 spiro atoms. The highest BCUT2D eigenvalue weighted by Crippen LogP contribution is 2.35. The van der Waals surface area contributed by atoms with Crippen LogP contribution in [0.15, 0.2) is 16.9 Å². The normalized spacial score (nSPS) is 13.1. The van der Waals surface area contributed by atoms with Gasteiger partial charge in [-0.15, -0.1) is 0 Å². The summed E-state index contributed by atoms with van der Waals surface area (Å²) in [7, 11) is 3.48. The average molecular weight is 370 g/mol. The van der Waals surface area contributed by atoms with E-state index >= 15 is 0 Å². The summed E-state index contributed by atoms with van der Waals surface area (Å²) < 4.78 is 7.31. The molecule has 0 fully saturated rings. The van der Waals surface area contributed by atoms with Crippen molar-refractivity contribution in [1.29, 1.82) is 0 Å². The molecule has 0 aliphatic heterocycles. The third-order valence-electron chi connectivity index (χ3n) is 5.69. The van der Waals surface area contributed by atoms with Crippen LogP contribution in [0.3, 0.4) is 0 Å². The van der Waals surface area contributed by atoms with Crippen LogP contribution in [0.1, 0.15) is 56.9 Å². The molecular weight excluding hydrogens is 338 g/mol. The summed E-state index contributed by atoms with van der Waals surface area (Å²) >= 11 is 0. The van der Waals surface area contributed by atoms with Crippen molar-refractivity contribution in [3.8, 4) is 17.1 Å². The van der Waals surface area contributed by atoms with Gasteiger partial charge in [-0.25, -0.2) is 4.98 Å². The first-order valence-electron chi connectivity index (χ1n) is 10.1. The molecule has 0 saturated carbocycles. The summed E-state index contributed by atoms with van der Waals surface area (Å²) in [5, 5.41) is 3.43. The van der Waals surface area contributed by atoms with Gasteiger partial charge in [0.1, 0.15) is 17.3 Å². The third-order valence-corrected chi connectivity index (χ3v) is 5.69. The zero-order valence-electron chi connectivity index (χ0n) is 17.2. The Morgan fingerprint density at radius 3 is 2.44 bits per heavy atom. The van der Waals surface area contributed by atoms with E-state index in [1.54, 1.807) is 18.7 Å². The molecule has 0 amide bonds. The molecule has 0 unspecified atom stereocenters. The minimum atomic E-state index is -0.0219. The van der Waals surface area contributed by atoms with Gasteiger partial charge in [0.25, 0.3) is 5.56 Å². The van der Waals surface area contributed by atoms with E-state index in [-0.39, 0.29) is 11.6 Å². The summed E-state index contributed by atoms with van der Waals surface area (Å²) in [5.41, 5.74) is 5.04.